The second-order valence-corrected chi connectivity index (χ2v) is 7.89. The van der Waals surface area contributed by atoms with Gasteiger partial charge in [-0.1, -0.05) is 38.3 Å². The lowest BCUT2D eigenvalue weighted by Gasteiger charge is -2.31. The highest BCUT2D eigenvalue weighted by atomic mass is 16.2. The van der Waals surface area contributed by atoms with Crippen molar-refractivity contribution in [3.05, 3.63) is 35.4 Å². The molecule has 3 heteroatoms. The molecule has 0 aromatic heterocycles. The number of nitrogens with zero attached hydrogens (tertiary/aromatic N) is 2. The first-order valence-electron chi connectivity index (χ1n) is 9.72. The van der Waals surface area contributed by atoms with Crippen molar-refractivity contribution in [3.63, 3.8) is 0 Å². The van der Waals surface area contributed by atoms with Crippen LogP contribution in [-0.2, 0) is 6.54 Å². The molecule has 1 aliphatic heterocycles. The van der Waals surface area contributed by atoms with Gasteiger partial charge in [-0.25, -0.2) is 0 Å². The highest BCUT2D eigenvalue weighted by Crippen LogP contribution is 2.23. The van der Waals surface area contributed by atoms with Crippen LogP contribution in [0.1, 0.15) is 67.8 Å². The molecule has 1 aromatic rings. The molecule has 2 aliphatic rings. The minimum absolute atomic E-state index is 0.181. The Labute approximate surface area is 147 Å². The fourth-order valence-corrected chi connectivity index (χ4v) is 4.28. The lowest BCUT2D eigenvalue weighted by Crippen LogP contribution is -2.38. The predicted molar refractivity (Wildman–Crippen MR) is 99.1 cm³/mol. The molecule has 2 fully saturated rings. The van der Waals surface area contributed by atoms with Crippen LogP contribution in [0, 0.1) is 5.92 Å². The molecule has 1 aliphatic carbocycles. The van der Waals surface area contributed by atoms with E-state index in [1.165, 1.54) is 50.8 Å². The number of piperidine rings is 1. The number of rotatable bonds is 4. The van der Waals surface area contributed by atoms with Crippen molar-refractivity contribution < 1.29 is 4.79 Å². The van der Waals surface area contributed by atoms with E-state index in [0.29, 0.717) is 6.04 Å². The Morgan fingerprint density at radius 3 is 2.46 bits per heavy atom. The third-order valence-electron chi connectivity index (χ3n) is 5.79. The number of amides is 1. The van der Waals surface area contributed by atoms with Gasteiger partial charge in [0.1, 0.15) is 0 Å². The molecule has 0 N–H and O–H groups in total. The average Bonchev–Trinajstić information content (AvgIpc) is 2.62. The molecule has 3 rings (SSSR count). The maximum atomic E-state index is 12.7. The van der Waals surface area contributed by atoms with E-state index in [4.69, 9.17) is 0 Å². The summed E-state index contributed by atoms with van der Waals surface area (Å²) in [5, 5.41) is 0. The molecule has 1 atom stereocenters. The zero-order valence-corrected chi connectivity index (χ0v) is 15.3. The Morgan fingerprint density at radius 2 is 1.79 bits per heavy atom. The summed E-state index contributed by atoms with van der Waals surface area (Å²) in [6.45, 7) is 5.76. The highest BCUT2D eigenvalue weighted by molar-refractivity contribution is 5.94. The monoisotopic (exact) mass is 328 g/mol. The van der Waals surface area contributed by atoms with Crippen molar-refractivity contribution in [2.45, 2.75) is 64.5 Å². The van der Waals surface area contributed by atoms with Crippen molar-refractivity contribution >= 4 is 5.91 Å². The van der Waals surface area contributed by atoms with Crippen LogP contribution in [-0.4, -0.2) is 41.9 Å². The van der Waals surface area contributed by atoms with Gasteiger partial charge in [-0.2, -0.15) is 0 Å². The van der Waals surface area contributed by atoms with Gasteiger partial charge in [0, 0.05) is 31.7 Å². The molecule has 24 heavy (non-hydrogen) atoms. The van der Waals surface area contributed by atoms with E-state index in [0.717, 1.165) is 30.9 Å². The first-order valence-corrected chi connectivity index (χ1v) is 9.72. The van der Waals surface area contributed by atoms with E-state index < -0.39 is 0 Å². The minimum atomic E-state index is 0.181. The summed E-state index contributed by atoms with van der Waals surface area (Å²) in [4.78, 5) is 17.2. The van der Waals surface area contributed by atoms with Gasteiger partial charge in [-0.05, 0) is 55.8 Å². The normalized spacial score (nSPS) is 23.2. The molecule has 1 saturated heterocycles. The van der Waals surface area contributed by atoms with Gasteiger partial charge in [-0.15, -0.1) is 0 Å². The van der Waals surface area contributed by atoms with Crippen LogP contribution in [0.4, 0.5) is 0 Å². The van der Waals surface area contributed by atoms with E-state index >= 15 is 0 Å². The summed E-state index contributed by atoms with van der Waals surface area (Å²) < 4.78 is 0. The summed E-state index contributed by atoms with van der Waals surface area (Å²) in [5.41, 5.74) is 2.15. The molecule has 1 saturated carbocycles. The Morgan fingerprint density at radius 1 is 1.08 bits per heavy atom. The molecule has 1 aromatic carbocycles. The van der Waals surface area contributed by atoms with E-state index in [1.807, 2.05) is 24.1 Å². The third-order valence-corrected chi connectivity index (χ3v) is 5.79. The first kappa shape index (κ1) is 17.5. The zero-order chi connectivity index (χ0) is 16.9. The Hall–Kier alpha value is -1.35. The summed E-state index contributed by atoms with van der Waals surface area (Å²) in [7, 11) is 1.97. The van der Waals surface area contributed by atoms with Crippen molar-refractivity contribution in [2.75, 3.05) is 20.1 Å². The fraction of sp³-hybridized carbons (Fsp3) is 0.667. The molecule has 0 spiro atoms. The molecule has 132 valence electrons. The zero-order valence-electron chi connectivity index (χ0n) is 15.3. The van der Waals surface area contributed by atoms with Gasteiger partial charge in [-0.3, -0.25) is 9.69 Å². The molecule has 0 radical (unpaired) electrons. The maximum Gasteiger partial charge on any atom is 0.253 e. The standard InChI is InChI=1S/C21H32N2O/c1-17-7-6-14-23(15-17)16-18-10-12-19(13-11-18)21(24)22(2)20-8-4-3-5-9-20/h10-13,17,20H,3-9,14-16H2,1-2H3/t17-/m1/s1. The molecule has 3 nitrogen and oxygen atoms in total. The van der Waals surface area contributed by atoms with Crippen molar-refractivity contribution in [3.8, 4) is 0 Å². The average molecular weight is 329 g/mol. The van der Waals surface area contributed by atoms with E-state index in [2.05, 4.69) is 24.0 Å². The first-order chi connectivity index (χ1) is 11.6. The molecular formula is C21H32N2O. The van der Waals surface area contributed by atoms with E-state index in [1.54, 1.807) is 0 Å². The Balaban J connectivity index is 1.58. The fourth-order valence-electron chi connectivity index (χ4n) is 4.28. The Kier molecular flexibility index (Phi) is 5.94. The SMILES string of the molecule is C[C@@H]1CCCN(Cc2ccc(C(=O)N(C)C3CCCCC3)cc2)C1. The minimum Gasteiger partial charge on any atom is -0.339 e. The summed E-state index contributed by atoms with van der Waals surface area (Å²) in [6.07, 6.45) is 8.83. The number of likely N-dealkylation sites (tertiary alicyclic amines) is 1. The largest absolute Gasteiger partial charge is 0.339 e. The highest BCUT2D eigenvalue weighted by Gasteiger charge is 2.23. The van der Waals surface area contributed by atoms with Crippen molar-refractivity contribution in [1.82, 2.24) is 9.80 Å². The summed E-state index contributed by atoms with van der Waals surface area (Å²) in [5.74, 6) is 0.990. The number of hydrogen-bond donors (Lipinski definition) is 0. The topological polar surface area (TPSA) is 23.6 Å². The van der Waals surface area contributed by atoms with Crippen LogP contribution < -0.4 is 0 Å². The smallest absolute Gasteiger partial charge is 0.253 e. The van der Waals surface area contributed by atoms with Crippen molar-refractivity contribution in [2.24, 2.45) is 5.92 Å². The molecule has 0 bridgehead atoms. The number of hydrogen-bond acceptors (Lipinski definition) is 2. The predicted octanol–water partition coefficient (Wildman–Crippen LogP) is 4.32. The number of carbonyl (C=O) groups excluding carboxylic acids is 1. The van der Waals surface area contributed by atoms with Gasteiger partial charge in [0.25, 0.3) is 5.91 Å². The van der Waals surface area contributed by atoms with Crippen molar-refractivity contribution in [1.29, 1.82) is 0 Å². The van der Waals surface area contributed by atoms with E-state index in [9.17, 15) is 4.79 Å². The van der Waals surface area contributed by atoms with Gasteiger partial charge in [0.15, 0.2) is 0 Å². The quantitative estimate of drug-likeness (QED) is 0.821. The molecule has 1 amide bonds. The maximum absolute atomic E-state index is 12.7. The van der Waals surface area contributed by atoms with Gasteiger partial charge in [0.2, 0.25) is 0 Å². The van der Waals surface area contributed by atoms with Crippen LogP contribution in [0.2, 0.25) is 0 Å². The molecular weight excluding hydrogens is 296 g/mol. The third kappa shape index (κ3) is 4.38. The van der Waals surface area contributed by atoms with Crippen LogP contribution >= 0.6 is 0 Å². The second-order valence-electron chi connectivity index (χ2n) is 7.89. The lowest BCUT2D eigenvalue weighted by molar-refractivity contribution is 0.0696. The van der Waals surface area contributed by atoms with E-state index in [-0.39, 0.29) is 5.91 Å². The van der Waals surface area contributed by atoms with Gasteiger partial charge >= 0.3 is 0 Å². The summed E-state index contributed by atoms with van der Waals surface area (Å²) >= 11 is 0. The Bertz CT molecular complexity index is 533. The second kappa shape index (κ2) is 8.15. The number of carbonyl (C=O) groups is 1. The van der Waals surface area contributed by atoms with Crippen LogP contribution in [0.25, 0.3) is 0 Å². The van der Waals surface area contributed by atoms with Crippen LogP contribution in [0.5, 0.6) is 0 Å². The van der Waals surface area contributed by atoms with Gasteiger partial charge in [0.05, 0.1) is 0 Å². The summed E-state index contributed by atoms with van der Waals surface area (Å²) in [6, 6.07) is 8.75. The lowest BCUT2D eigenvalue weighted by atomic mass is 9.94. The van der Waals surface area contributed by atoms with Crippen LogP contribution in [0.3, 0.4) is 0 Å². The molecule has 1 heterocycles. The van der Waals surface area contributed by atoms with Gasteiger partial charge < -0.3 is 4.90 Å². The molecule has 0 unspecified atom stereocenters. The van der Waals surface area contributed by atoms with Crippen LogP contribution in [0.15, 0.2) is 24.3 Å². The number of benzene rings is 1.